The first kappa shape index (κ1) is 15.3. The van der Waals surface area contributed by atoms with Crippen LogP contribution >= 0.6 is 0 Å². The lowest BCUT2D eigenvalue weighted by atomic mass is 9.81. The van der Waals surface area contributed by atoms with Gasteiger partial charge in [-0.2, -0.15) is 0 Å². The van der Waals surface area contributed by atoms with Gasteiger partial charge in [-0.05, 0) is 38.3 Å². The van der Waals surface area contributed by atoms with Gasteiger partial charge in [0.2, 0.25) is 11.8 Å². The molecular weight excluding hydrogens is 292 g/mol. The predicted octanol–water partition coefficient (Wildman–Crippen LogP) is 2.24. The number of imidazole rings is 1. The van der Waals surface area contributed by atoms with Gasteiger partial charge in [0, 0.05) is 30.2 Å². The van der Waals surface area contributed by atoms with Gasteiger partial charge in [-0.1, -0.05) is 12.1 Å². The van der Waals surface area contributed by atoms with Crippen LogP contribution in [0, 0.1) is 12.3 Å². The fourth-order valence-corrected chi connectivity index (χ4v) is 2.76. The topological polar surface area (TPSA) is 86.9 Å². The molecule has 1 aromatic carbocycles. The molecule has 2 aromatic rings. The maximum Gasteiger partial charge on any atom is 0.239 e. The summed E-state index contributed by atoms with van der Waals surface area (Å²) in [7, 11) is 0. The van der Waals surface area contributed by atoms with Crippen molar-refractivity contribution in [1.82, 2.24) is 15.3 Å². The summed E-state index contributed by atoms with van der Waals surface area (Å²) in [6.45, 7) is 4.25. The molecule has 2 heterocycles. The van der Waals surface area contributed by atoms with Crippen molar-refractivity contribution in [3.05, 3.63) is 36.2 Å². The SMILES string of the molecule is Cc1ccc(-c2ncc[nH]2)cc1NC(=O)C1(C)CCCNC1=O. The number of rotatable bonds is 3. The summed E-state index contributed by atoms with van der Waals surface area (Å²) in [5.41, 5.74) is 1.50. The number of amides is 2. The van der Waals surface area contributed by atoms with Crippen molar-refractivity contribution >= 4 is 17.5 Å². The van der Waals surface area contributed by atoms with E-state index >= 15 is 0 Å². The Labute approximate surface area is 134 Å². The van der Waals surface area contributed by atoms with Crippen LogP contribution in [0.3, 0.4) is 0 Å². The quantitative estimate of drug-likeness (QED) is 0.760. The molecule has 1 saturated heterocycles. The first-order valence-electron chi connectivity index (χ1n) is 7.71. The van der Waals surface area contributed by atoms with Crippen LogP contribution in [-0.4, -0.2) is 28.3 Å². The van der Waals surface area contributed by atoms with Crippen LogP contribution in [0.25, 0.3) is 11.4 Å². The number of nitrogens with zero attached hydrogens (tertiary/aromatic N) is 1. The average molecular weight is 312 g/mol. The van der Waals surface area contributed by atoms with Gasteiger partial charge in [0.15, 0.2) is 0 Å². The number of benzene rings is 1. The number of piperidine rings is 1. The normalized spacial score (nSPS) is 20.9. The van der Waals surface area contributed by atoms with Crippen molar-refractivity contribution < 1.29 is 9.59 Å². The van der Waals surface area contributed by atoms with Gasteiger partial charge in [-0.25, -0.2) is 4.98 Å². The van der Waals surface area contributed by atoms with E-state index in [0.29, 0.717) is 18.7 Å². The molecule has 0 spiro atoms. The standard InChI is InChI=1S/C17H20N4O2/c1-11-4-5-12(14-18-8-9-19-14)10-13(11)21-16(23)17(2)6-3-7-20-15(17)22/h4-5,8-10H,3,6-7H2,1-2H3,(H,18,19)(H,20,22)(H,21,23). The number of hydrogen-bond donors (Lipinski definition) is 3. The van der Waals surface area contributed by atoms with Gasteiger partial charge in [0.05, 0.1) is 0 Å². The average Bonchev–Trinajstić information content (AvgIpc) is 3.07. The van der Waals surface area contributed by atoms with Gasteiger partial charge in [0.1, 0.15) is 11.2 Å². The van der Waals surface area contributed by atoms with E-state index in [1.54, 1.807) is 19.3 Å². The number of nitrogens with one attached hydrogen (secondary N) is 3. The molecule has 6 heteroatoms. The number of hydrogen-bond acceptors (Lipinski definition) is 3. The maximum atomic E-state index is 12.7. The van der Waals surface area contributed by atoms with Crippen LogP contribution in [-0.2, 0) is 9.59 Å². The van der Waals surface area contributed by atoms with Crippen LogP contribution < -0.4 is 10.6 Å². The Bertz CT molecular complexity index is 739. The molecule has 120 valence electrons. The van der Waals surface area contributed by atoms with E-state index in [4.69, 9.17) is 0 Å². The zero-order valence-electron chi connectivity index (χ0n) is 13.3. The van der Waals surface area contributed by atoms with E-state index in [-0.39, 0.29) is 11.8 Å². The molecule has 1 aliphatic rings. The number of H-pyrrole nitrogens is 1. The van der Waals surface area contributed by atoms with Crippen molar-refractivity contribution in [3.8, 4) is 11.4 Å². The highest BCUT2D eigenvalue weighted by molar-refractivity contribution is 6.10. The predicted molar refractivity (Wildman–Crippen MR) is 87.7 cm³/mol. The summed E-state index contributed by atoms with van der Waals surface area (Å²) < 4.78 is 0. The molecule has 0 saturated carbocycles. The Kier molecular flexibility index (Phi) is 3.90. The second-order valence-corrected chi connectivity index (χ2v) is 6.11. The van der Waals surface area contributed by atoms with Crippen molar-refractivity contribution in [2.45, 2.75) is 26.7 Å². The Balaban J connectivity index is 1.86. The second-order valence-electron chi connectivity index (χ2n) is 6.11. The smallest absolute Gasteiger partial charge is 0.239 e. The molecule has 0 aliphatic carbocycles. The molecule has 1 unspecified atom stereocenters. The third kappa shape index (κ3) is 2.84. The van der Waals surface area contributed by atoms with Crippen LogP contribution in [0.1, 0.15) is 25.3 Å². The summed E-state index contributed by atoms with van der Waals surface area (Å²) in [5.74, 6) is 0.262. The first-order chi connectivity index (χ1) is 11.0. The van der Waals surface area contributed by atoms with Crippen LogP contribution in [0.4, 0.5) is 5.69 Å². The van der Waals surface area contributed by atoms with Crippen molar-refractivity contribution in [1.29, 1.82) is 0 Å². The van der Waals surface area contributed by atoms with Gasteiger partial charge in [-0.15, -0.1) is 0 Å². The Morgan fingerprint density at radius 3 is 2.91 bits per heavy atom. The highest BCUT2D eigenvalue weighted by Crippen LogP contribution is 2.30. The molecule has 23 heavy (non-hydrogen) atoms. The fourth-order valence-electron chi connectivity index (χ4n) is 2.76. The third-order valence-corrected chi connectivity index (χ3v) is 4.40. The molecule has 1 fully saturated rings. The highest BCUT2D eigenvalue weighted by Gasteiger charge is 2.42. The minimum atomic E-state index is -1.02. The van der Waals surface area contributed by atoms with Crippen LogP contribution in [0.2, 0.25) is 0 Å². The lowest BCUT2D eigenvalue weighted by molar-refractivity contribution is -0.141. The zero-order chi connectivity index (χ0) is 16.4. The van der Waals surface area contributed by atoms with Gasteiger partial charge < -0.3 is 15.6 Å². The van der Waals surface area contributed by atoms with Crippen molar-refractivity contribution in [2.24, 2.45) is 5.41 Å². The Morgan fingerprint density at radius 2 is 2.22 bits per heavy atom. The summed E-state index contributed by atoms with van der Waals surface area (Å²) >= 11 is 0. The van der Waals surface area contributed by atoms with E-state index in [9.17, 15) is 9.59 Å². The molecule has 6 nitrogen and oxygen atoms in total. The molecule has 0 radical (unpaired) electrons. The molecule has 1 atom stereocenters. The second kappa shape index (κ2) is 5.87. The molecule has 3 N–H and O–H groups in total. The molecule has 3 rings (SSSR count). The van der Waals surface area contributed by atoms with Crippen LogP contribution in [0.5, 0.6) is 0 Å². The third-order valence-electron chi connectivity index (χ3n) is 4.40. The molecule has 1 aromatic heterocycles. The number of carbonyl (C=O) groups is 2. The monoisotopic (exact) mass is 312 g/mol. The van der Waals surface area contributed by atoms with E-state index in [1.807, 2.05) is 25.1 Å². The fraction of sp³-hybridized carbons (Fsp3) is 0.353. The minimum Gasteiger partial charge on any atom is -0.355 e. The number of aromatic amines is 1. The van der Waals surface area contributed by atoms with E-state index in [1.165, 1.54) is 0 Å². The number of carbonyl (C=O) groups excluding carboxylic acids is 2. The summed E-state index contributed by atoms with van der Waals surface area (Å²) in [5, 5.41) is 5.68. The number of anilines is 1. The summed E-state index contributed by atoms with van der Waals surface area (Å²) in [6, 6.07) is 5.74. The largest absolute Gasteiger partial charge is 0.355 e. The minimum absolute atomic E-state index is 0.207. The summed E-state index contributed by atoms with van der Waals surface area (Å²) in [6.07, 6.45) is 4.80. The van der Waals surface area contributed by atoms with Crippen molar-refractivity contribution in [2.75, 3.05) is 11.9 Å². The molecule has 0 bridgehead atoms. The Morgan fingerprint density at radius 1 is 1.39 bits per heavy atom. The zero-order valence-corrected chi connectivity index (χ0v) is 13.3. The molecular formula is C17H20N4O2. The van der Waals surface area contributed by atoms with E-state index in [2.05, 4.69) is 20.6 Å². The molecule has 2 amide bonds. The molecule has 1 aliphatic heterocycles. The van der Waals surface area contributed by atoms with Crippen LogP contribution in [0.15, 0.2) is 30.6 Å². The number of aryl methyl sites for hydroxylation is 1. The van der Waals surface area contributed by atoms with E-state index < -0.39 is 5.41 Å². The van der Waals surface area contributed by atoms with E-state index in [0.717, 1.165) is 23.4 Å². The maximum absolute atomic E-state index is 12.7. The highest BCUT2D eigenvalue weighted by atomic mass is 16.2. The van der Waals surface area contributed by atoms with Gasteiger partial charge in [0.25, 0.3) is 0 Å². The summed E-state index contributed by atoms with van der Waals surface area (Å²) in [4.78, 5) is 32.0. The number of aromatic nitrogens is 2. The van der Waals surface area contributed by atoms with Crippen molar-refractivity contribution in [3.63, 3.8) is 0 Å². The lowest BCUT2D eigenvalue weighted by Gasteiger charge is -2.31. The van der Waals surface area contributed by atoms with Gasteiger partial charge in [-0.3, -0.25) is 9.59 Å². The lowest BCUT2D eigenvalue weighted by Crippen LogP contribution is -2.50. The van der Waals surface area contributed by atoms with Gasteiger partial charge >= 0.3 is 0 Å². The Hall–Kier alpha value is -2.63. The first-order valence-corrected chi connectivity index (χ1v) is 7.71.